The molecule has 1 atom stereocenters. The second-order valence-electron chi connectivity index (χ2n) is 5.29. The van der Waals surface area contributed by atoms with Crippen LogP contribution in [0, 0.1) is 11.7 Å². The van der Waals surface area contributed by atoms with E-state index in [1.165, 1.54) is 18.9 Å². The van der Waals surface area contributed by atoms with Gasteiger partial charge in [0.15, 0.2) is 0 Å². The van der Waals surface area contributed by atoms with Crippen molar-refractivity contribution < 1.29 is 14.2 Å². The first kappa shape index (κ1) is 14.3. The maximum atomic E-state index is 13.7. The fourth-order valence-corrected chi connectivity index (χ4v) is 2.13. The minimum atomic E-state index is -0.814. The quantitative estimate of drug-likeness (QED) is 0.771. The molecule has 3 nitrogen and oxygen atoms in total. The van der Waals surface area contributed by atoms with Gasteiger partial charge in [0.05, 0.1) is 12.7 Å². The summed E-state index contributed by atoms with van der Waals surface area (Å²) in [5, 5.41) is 9.69. The van der Waals surface area contributed by atoms with E-state index in [2.05, 4.69) is 0 Å². The van der Waals surface area contributed by atoms with Crippen molar-refractivity contribution in [2.45, 2.75) is 25.9 Å². The number of halogens is 1. The van der Waals surface area contributed by atoms with Crippen LogP contribution >= 0.6 is 0 Å². The standard InChI is InChI=1S/C15H22FNO2/c1-11(18)15-13(16)4-3-5-14(15)17(2)8-9-19-10-12-6-7-12/h3-5,11-12,18H,6-10H2,1-2H3. The van der Waals surface area contributed by atoms with Crippen molar-refractivity contribution in [3.05, 3.63) is 29.6 Å². The zero-order valence-corrected chi connectivity index (χ0v) is 11.6. The zero-order chi connectivity index (χ0) is 13.8. The van der Waals surface area contributed by atoms with Gasteiger partial charge in [0, 0.05) is 31.5 Å². The van der Waals surface area contributed by atoms with Crippen LogP contribution in [0.2, 0.25) is 0 Å². The Kier molecular flexibility index (Phi) is 4.77. The fraction of sp³-hybridized carbons (Fsp3) is 0.600. The van der Waals surface area contributed by atoms with Gasteiger partial charge in [-0.05, 0) is 37.8 Å². The average Bonchev–Trinajstić information content (AvgIpc) is 3.17. The summed E-state index contributed by atoms with van der Waals surface area (Å²) in [5.74, 6) is 0.394. The van der Waals surface area contributed by atoms with E-state index in [0.717, 1.165) is 18.2 Å². The molecule has 19 heavy (non-hydrogen) atoms. The number of hydrogen-bond acceptors (Lipinski definition) is 3. The molecule has 0 amide bonds. The number of aliphatic hydroxyl groups excluding tert-OH is 1. The summed E-state index contributed by atoms with van der Waals surface area (Å²) in [6, 6.07) is 4.87. The molecule has 0 heterocycles. The molecule has 4 heteroatoms. The van der Waals surface area contributed by atoms with E-state index in [4.69, 9.17) is 4.74 Å². The highest BCUT2D eigenvalue weighted by atomic mass is 19.1. The van der Waals surface area contributed by atoms with Crippen molar-refractivity contribution in [3.63, 3.8) is 0 Å². The molecule has 1 aliphatic carbocycles. The number of aliphatic hydroxyl groups is 1. The van der Waals surface area contributed by atoms with E-state index in [9.17, 15) is 9.50 Å². The highest BCUT2D eigenvalue weighted by molar-refractivity contribution is 5.54. The van der Waals surface area contributed by atoms with Crippen molar-refractivity contribution in [3.8, 4) is 0 Å². The van der Waals surface area contributed by atoms with E-state index in [1.54, 1.807) is 13.0 Å². The molecule has 0 spiro atoms. The van der Waals surface area contributed by atoms with E-state index < -0.39 is 6.10 Å². The number of nitrogens with zero attached hydrogens (tertiary/aromatic N) is 1. The largest absolute Gasteiger partial charge is 0.389 e. The normalized spacial score (nSPS) is 16.4. The van der Waals surface area contributed by atoms with Crippen LogP contribution in [0.3, 0.4) is 0 Å². The van der Waals surface area contributed by atoms with E-state index in [-0.39, 0.29) is 5.82 Å². The first-order chi connectivity index (χ1) is 9.09. The third-order valence-corrected chi connectivity index (χ3v) is 3.48. The molecule has 1 aliphatic rings. The van der Waals surface area contributed by atoms with Gasteiger partial charge < -0.3 is 14.7 Å². The second-order valence-corrected chi connectivity index (χ2v) is 5.29. The lowest BCUT2D eigenvalue weighted by Crippen LogP contribution is -2.24. The Morgan fingerprint density at radius 2 is 2.21 bits per heavy atom. The molecule has 1 saturated carbocycles. The molecule has 1 aromatic rings. The van der Waals surface area contributed by atoms with E-state index in [0.29, 0.717) is 18.7 Å². The monoisotopic (exact) mass is 267 g/mol. The molecule has 0 bridgehead atoms. The predicted octanol–water partition coefficient (Wildman–Crippen LogP) is 2.74. The minimum Gasteiger partial charge on any atom is -0.389 e. The summed E-state index contributed by atoms with van der Waals surface area (Å²) >= 11 is 0. The highest BCUT2D eigenvalue weighted by Crippen LogP contribution is 2.29. The maximum Gasteiger partial charge on any atom is 0.131 e. The Balaban J connectivity index is 1.93. The van der Waals surface area contributed by atoms with Crippen LogP contribution in [0.1, 0.15) is 31.4 Å². The number of anilines is 1. The Morgan fingerprint density at radius 1 is 1.47 bits per heavy atom. The fourth-order valence-electron chi connectivity index (χ4n) is 2.13. The molecule has 0 saturated heterocycles. The molecule has 1 N–H and O–H groups in total. The molecule has 0 radical (unpaired) electrons. The van der Waals surface area contributed by atoms with Gasteiger partial charge in [-0.1, -0.05) is 6.07 Å². The predicted molar refractivity (Wildman–Crippen MR) is 73.8 cm³/mol. The lowest BCUT2D eigenvalue weighted by molar-refractivity contribution is 0.130. The third-order valence-electron chi connectivity index (χ3n) is 3.48. The molecule has 106 valence electrons. The smallest absolute Gasteiger partial charge is 0.131 e. The van der Waals surface area contributed by atoms with Crippen LogP contribution in [0.4, 0.5) is 10.1 Å². The zero-order valence-electron chi connectivity index (χ0n) is 11.6. The molecule has 0 aromatic heterocycles. The molecule has 1 unspecified atom stereocenters. The number of likely N-dealkylation sites (N-methyl/N-ethyl adjacent to an activating group) is 1. The van der Waals surface area contributed by atoms with Crippen LogP contribution in [-0.2, 0) is 4.74 Å². The Labute approximate surface area is 114 Å². The molecule has 2 rings (SSSR count). The van der Waals surface area contributed by atoms with E-state index >= 15 is 0 Å². The van der Waals surface area contributed by atoms with Crippen molar-refractivity contribution in [1.82, 2.24) is 0 Å². The van der Waals surface area contributed by atoms with Crippen LogP contribution in [0.25, 0.3) is 0 Å². The molecular formula is C15H22FNO2. The summed E-state index contributed by atoms with van der Waals surface area (Å²) in [6.07, 6.45) is 1.75. The highest BCUT2D eigenvalue weighted by Gasteiger charge is 2.21. The van der Waals surface area contributed by atoms with Crippen molar-refractivity contribution >= 4 is 5.69 Å². The number of ether oxygens (including phenoxy) is 1. The lowest BCUT2D eigenvalue weighted by atomic mass is 10.1. The van der Waals surface area contributed by atoms with Crippen molar-refractivity contribution in [2.75, 3.05) is 31.7 Å². The topological polar surface area (TPSA) is 32.7 Å². The summed E-state index contributed by atoms with van der Waals surface area (Å²) in [5.41, 5.74) is 1.08. The van der Waals surface area contributed by atoms with Crippen LogP contribution < -0.4 is 4.90 Å². The van der Waals surface area contributed by atoms with E-state index in [1.807, 2.05) is 18.0 Å². The number of benzene rings is 1. The van der Waals surface area contributed by atoms with Crippen molar-refractivity contribution in [1.29, 1.82) is 0 Å². The Bertz CT molecular complexity index is 419. The molecular weight excluding hydrogens is 245 g/mol. The van der Waals surface area contributed by atoms with Gasteiger partial charge in [-0.2, -0.15) is 0 Å². The first-order valence-electron chi connectivity index (χ1n) is 6.85. The summed E-state index contributed by atoms with van der Waals surface area (Å²) in [4.78, 5) is 1.93. The van der Waals surface area contributed by atoms with Gasteiger partial charge >= 0.3 is 0 Å². The first-order valence-corrected chi connectivity index (χ1v) is 6.85. The summed E-state index contributed by atoms with van der Waals surface area (Å²) in [6.45, 7) is 3.73. The van der Waals surface area contributed by atoms with Gasteiger partial charge in [0.2, 0.25) is 0 Å². The lowest BCUT2D eigenvalue weighted by Gasteiger charge is -2.24. The molecule has 0 aliphatic heterocycles. The molecule has 1 fully saturated rings. The Morgan fingerprint density at radius 3 is 2.84 bits per heavy atom. The number of rotatable bonds is 7. The van der Waals surface area contributed by atoms with Gasteiger partial charge in [-0.25, -0.2) is 4.39 Å². The summed E-state index contributed by atoms with van der Waals surface area (Å²) < 4.78 is 19.3. The van der Waals surface area contributed by atoms with Crippen molar-refractivity contribution in [2.24, 2.45) is 5.92 Å². The minimum absolute atomic E-state index is 0.354. The third kappa shape index (κ3) is 3.91. The van der Waals surface area contributed by atoms with Gasteiger partial charge in [0.25, 0.3) is 0 Å². The average molecular weight is 267 g/mol. The second kappa shape index (κ2) is 6.35. The SMILES string of the molecule is CC(O)c1c(F)cccc1N(C)CCOCC1CC1. The Hall–Kier alpha value is -1.13. The number of hydrogen-bond donors (Lipinski definition) is 1. The van der Waals surface area contributed by atoms with Crippen LogP contribution in [0.5, 0.6) is 0 Å². The van der Waals surface area contributed by atoms with Crippen LogP contribution in [-0.4, -0.2) is 31.9 Å². The van der Waals surface area contributed by atoms with Gasteiger partial charge in [-0.3, -0.25) is 0 Å². The van der Waals surface area contributed by atoms with Gasteiger partial charge in [0.1, 0.15) is 5.82 Å². The van der Waals surface area contributed by atoms with Crippen LogP contribution in [0.15, 0.2) is 18.2 Å². The maximum absolute atomic E-state index is 13.7. The summed E-state index contributed by atoms with van der Waals surface area (Å²) in [7, 11) is 1.89. The molecule has 1 aromatic carbocycles. The van der Waals surface area contributed by atoms with Gasteiger partial charge in [-0.15, -0.1) is 0 Å².